The van der Waals surface area contributed by atoms with Gasteiger partial charge in [0, 0.05) is 4.47 Å². The lowest BCUT2D eigenvalue weighted by molar-refractivity contribution is -0.141. The van der Waals surface area contributed by atoms with Crippen molar-refractivity contribution in [2.24, 2.45) is 5.73 Å². The van der Waals surface area contributed by atoms with Crippen molar-refractivity contribution in [3.8, 4) is 0 Å². The fraction of sp³-hybridized carbons (Fsp3) is 0.222. The molecule has 0 aliphatic carbocycles. The van der Waals surface area contributed by atoms with Crippen molar-refractivity contribution >= 4 is 21.9 Å². The Bertz CT molecular complexity index is 365. The summed E-state index contributed by atoms with van der Waals surface area (Å²) in [5.41, 5.74) is 5.33. The molecule has 0 saturated heterocycles. The highest BCUT2D eigenvalue weighted by Crippen LogP contribution is 2.22. The molecule has 0 bridgehead atoms. The SMILES string of the molecule is NC(C(=O)O)C(O)c1cc(F)cc(Br)c1. The van der Waals surface area contributed by atoms with Crippen LogP contribution in [0.2, 0.25) is 0 Å². The maximum atomic E-state index is 12.9. The first-order chi connectivity index (χ1) is 6.91. The zero-order valence-electron chi connectivity index (χ0n) is 7.52. The first-order valence-corrected chi connectivity index (χ1v) is 4.83. The smallest absolute Gasteiger partial charge is 0.323 e. The summed E-state index contributed by atoms with van der Waals surface area (Å²) in [6.45, 7) is 0. The number of aliphatic hydroxyl groups is 1. The monoisotopic (exact) mass is 277 g/mol. The van der Waals surface area contributed by atoms with Gasteiger partial charge in [-0.05, 0) is 23.8 Å². The Kier molecular flexibility index (Phi) is 3.78. The van der Waals surface area contributed by atoms with Crippen LogP contribution in [0, 0.1) is 5.82 Å². The largest absolute Gasteiger partial charge is 0.480 e. The van der Waals surface area contributed by atoms with Crippen LogP contribution in [0.1, 0.15) is 11.7 Å². The Morgan fingerprint density at radius 3 is 2.53 bits per heavy atom. The molecule has 82 valence electrons. The van der Waals surface area contributed by atoms with Gasteiger partial charge in [-0.15, -0.1) is 0 Å². The maximum absolute atomic E-state index is 12.9. The molecular weight excluding hydrogens is 269 g/mol. The molecule has 1 aromatic rings. The van der Waals surface area contributed by atoms with Crippen molar-refractivity contribution in [1.29, 1.82) is 0 Å². The van der Waals surface area contributed by atoms with E-state index in [1.54, 1.807) is 0 Å². The van der Waals surface area contributed by atoms with Crippen molar-refractivity contribution in [2.45, 2.75) is 12.1 Å². The van der Waals surface area contributed by atoms with E-state index < -0.39 is 23.9 Å². The van der Waals surface area contributed by atoms with Crippen LogP contribution in [0.3, 0.4) is 0 Å². The molecule has 15 heavy (non-hydrogen) atoms. The molecule has 2 atom stereocenters. The van der Waals surface area contributed by atoms with Crippen LogP contribution in [0.5, 0.6) is 0 Å². The van der Waals surface area contributed by atoms with Crippen LogP contribution < -0.4 is 5.73 Å². The summed E-state index contributed by atoms with van der Waals surface area (Å²) < 4.78 is 13.3. The molecule has 0 fully saturated rings. The molecule has 0 aliphatic rings. The van der Waals surface area contributed by atoms with Gasteiger partial charge >= 0.3 is 5.97 Å². The number of carboxylic acid groups (broad SMARTS) is 1. The predicted molar refractivity (Wildman–Crippen MR) is 54.7 cm³/mol. The van der Waals surface area contributed by atoms with Crippen LogP contribution >= 0.6 is 15.9 Å². The molecule has 4 N–H and O–H groups in total. The summed E-state index contributed by atoms with van der Waals surface area (Å²) in [7, 11) is 0. The molecule has 0 aromatic heterocycles. The zero-order valence-corrected chi connectivity index (χ0v) is 9.11. The molecule has 0 spiro atoms. The molecule has 0 radical (unpaired) electrons. The molecule has 0 heterocycles. The van der Waals surface area contributed by atoms with Gasteiger partial charge in [0.2, 0.25) is 0 Å². The van der Waals surface area contributed by atoms with E-state index in [0.29, 0.717) is 4.47 Å². The van der Waals surface area contributed by atoms with E-state index in [-0.39, 0.29) is 5.56 Å². The van der Waals surface area contributed by atoms with Crippen molar-refractivity contribution < 1.29 is 19.4 Å². The second-order valence-electron chi connectivity index (χ2n) is 3.01. The molecular formula is C9H9BrFNO3. The zero-order chi connectivity index (χ0) is 11.6. The van der Waals surface area contributed by atoms with Crippen LogP contribution in [0.4, 0.5) is 4.39 Å². The second-order valence-corrected chi connectivity index (χ2v) is 3.93. The molecule has 0 amide bonds. The van der Waals surface area contributed by atoms with Crippen LogP contribution in [0.15, 0.2) is 22.7 Å². The van der Waals surface area contributed by atoms with Gasteiger partial charge in [0.05, 0.1) is 0 Å². The lowest BCUT2D eigenvalue weighted by Gasteiger charge is -2.15. The number of benzene rings is 1. The topological polar surface area (TPSA) is 83.6 Å². The second kappa shape index (κ2) is 4.69. The van der Waals surface area contributed by atoms with E-state index in [0.717, 1.165) is 6.07 Å². The summed E-state index contributed by atoms with van der Waals surface area (Å²) in [5.74, 6) is -1.92. The first kappa shape index (κ1) is 12.1. The third-order valence-corrected chi connectivity index (χ3v) is 2.31. The van der Waals surface area contributed by atoms with E-state index in [1.165, 1.54) is 12.1 Å². The van der Waals surface area contributed by atoms with Crippen molar-refractivity contribution in [2.75, 3.05) is 0 Å². The van der Waals surface area contributed by atoms with E-state index >= 15 is 0 Å². The van der Waals surface area contributed by atoms with E-state index in [9.17, 15) is 14.3 Å². The number of carbonyl (C=O) groups is 1. The number of carboxylic acids is 1. The van der Waals surface area contributed by atoms with Crippen molar-refractivity contribution in [3.63, 3.8) is 0 Å². The van der Waals surface area contributed by atoms with Gasteiger partial charge in [-0.25, -0.2) is 4.39 Å². The summed E-state index contributed by atoms with van der Waals surface area (Å²) in [5, 5.41) is 18.1. The number of aliphatic hydroxyl groups excluding tert-OH is 1. The van der Waals surface area contributed by atoms with Gasteiger partial charge < -0.3 is 15.9 Å². The standard InChI is InChI=1S/C9H9BrFNO3/c10-5-1-4(2-6(11)3-5)8(13)7(12)9(14)15/h1-3,7-8,13H,12H2,(H,14,15). The van der Waals surface area contributed by atoms with Gasteiger partial charge in [-0.2, -0.15) is 0 Å². The maximum Gasteiger partial charge on any atom is 0.323 e. The summed E-state index contributed by atoms with van der Waals surface area (Å²) >= 11 is 3.03. The minimum Gasteiger partial charge on any atom is -0.480 e. The number of rotatable bonds is 3. The highest BCUT2D eigenvalue weighted by Gasteiger charge is 2.24. The Morgan fingerprint density at radius 1 is 1.47 bits per heavy atom. The van der Waals surface area contributed by atoms with E-state index in [1.807, 2.05) is 0 Å². The first-order valence-electron chi connectivity index (χ1n) is 4.04. The fourth-order valence-corrected chi connectivity index (χ4v) is 1.57. The summed E-state index contributed by atoms with van der Waals surface area (Å²) in [6, 6.07) is 2.18. The Hall–Kier alpha value is -0.980. The number of aliphatic carboxylic acids is 1. The molecule has 4 nitrogen and oxygen atoms in total. The normalized spacial score (nSPS) is 14.7. The van der Waals surface area contributed by atoms with Crippen LogP contribution in [-0.4, -0.2) is 22.2 Å². The number of halogens is 2. The summed E-state index contributed by atoms with van der Waals surface area (Å²) in [6.07, 6.45) is -1.44. The minimum atomic E-state index is -1.47. The molecule has 6 heteroatoms. The quantitative estimate of drug-likeness (QED) is 0.771. The average molecular weight is 278 g/mol. The molecule has 0 aliphatic heterocycles. The Morgan fingerprint density at radius 2 is 2.07 bits per heavy atom. The average Bonchev–Trinajstić information content (AvgIpc) is 2.13. The van der Waals surface area contributed by atoms with Gasteiger partial charge in [-0.1, -0.05) is 15.9 Å². The molecule has 1 aromatic carbocycles. The van der Waals surface area contributed by atoms with Crippen molar-refractivity contribution in [3.05, 3.63) is 34.1 Å². The minimum absolute atomic E-state index is 0.122. The predicted octanol–water partition coefficient (Wildman–Crippen LogP) is 1.03. The van der Waals surface area contributed by atoms with E-state index in [4.69, 9.17) is 10.8 Å². The van der Waals surface area contributed by atoms with Crippen LogP contribution in [0.25, 0.3) is 0 Å². The molecule has 2 unspecified atom stereocenters. The number of hydrogen-bond acceptors (Lipinski definition) is 3. The lowest BCUT2D eigenvalue weighted by Crippen LogP contribution is -2.36. The fourth-order valence-electron chi connectivity index (χ4n) is 1.09. The van der Waals surface area contributed by atoms with Crippen LogP contribution in [-0.2, 0) is 4.79 Å². The highest BCUT2D eigenvalue weighted by atomic mass is 79.9. The van der Waals surface area contributed by atoms with Gasteiger partial charge in [-0.3, -0.25) is 4.79 Å². The summed E-state index contributed by atoms with van der Waals surface area (Å²) in [4.78, 5) is 10.5. The van der Waals surface area contributed by atoms with Gasteiger partial charge in [0.15, 0.2) is 0 Å². The number of hydrogen-bond donors (Lipinski definition) is 3. The van der Waals surface area contributed by atoms with E-state index in [2.05, 4.69) is 15.9 Å². The Labute approximate surface area is 93.6 Å². The van der Waals surface area contributed by atoms with Gasteiger partial charge in [0.25, 0.3) is 0 Å². The van der Waals surface area contributed by atoms with Crippen molar-refractivity contribution in [1.82, 2.24) is 0 Å². The highest BCUT2D eigenvalue weighted by molar-refractivity contribution is 9.10. The molecule has 1 rings (SSSR count). The van der Waals surface area contributed by atoms with Gasteiger partial charge in [0.1, 0.15) is 18.0 Å². The molecule has 0 saturated carbocycles. The third-order valence-electron chi connectivity index (χ3n) is 1.85. The lowest BCUT2D eigenvalue weighted by atomic mass is 10.0. The Balaban J connectivity index is 3.00. The third kappa shape index (κ3) is 2.98. The number of nitrogens with two attached hydrogens (primary N) is 1.